The number of furan rings is 2. The molecule has 0 bridgehead atoms. The molecular formula is C24H26N2O4. The molecular weight excluding hydrogens is 380 g/mol. The van der Waals surface area contributed by atoms with Crippen molar-refractivity contribution in [3.63, 3.8) is 0 Å². The molecule has 0 fully saturated rings. The van der Waals surface area contributed by atoms with E-state index >= 15 is 0 Å². The summed E-state index contributed by atoms with van der Waals surface area (Å²) in [6.07, 6.45) is 0.663. The summed E-state index contributed by atoms with van der Waals surface area (Å²) in [5, 5.41) is 3.03. The summed E-state index contributed by atoms with van der Waals surface area (Å²) in [5.74, 6) is 2.47. The van der Waals surface area contributed by atoms with Crippen LogP contribution in [0.15, 0.2) is 39.2 Å². The minimum absolute atomic E-state index is 0.00411. The molecule has 0 aliphatic carbocycles. The highest BCUT2D eigenvalue weighted by molar-refractivity contribution is 6.05. The monoisotopic (exact) mass is 406 g/mol. The summed E-state index contributed by atoms with van der Waals surface area (Å²) in [7, 11) is 0. The first kappa shape index (κ1) is 20.0. The molecule has 1 N–H and O–H groups in total. The van der Waals surface area contributed by atoms with Crippen LogP contribution in [0.25, 0.3) is 0 Å². The summed E-state index contributed by atoms with van der Waals surface area (Å²) in [4.78, 5) is 27.8. The molecule has 0 spiro atoms. The number of carbonyl (C=O) groups excluding carboxylic acids is 2. The third-order valence-corrected chi connectivity index (χ3v) is 5.71. The highest BCUT2D eigenvalue weighted by Gasteiger charge is 2.31. The summed E-state index contributed by atoms with van der Waals surface area (Å²) in [6, 6.07) is 9.37. The van der Waals surface area contributed by atoms with E-state index in [0.29, 0.717) is 41.4 Å². The minimum atomic E-state index is -0.187. The predicted molar refractivity (Wildman–Crippen MR) is 114 cm³/mol. The van der Waals surface area contributed by atoms with Gasteiger partial charge in [-0.3, -0.25) is 9.59 Å². The Morgan fingerprint density at radius 1 is 1.00 bits per heavy atom. The zero-order chi connectivity index (χ0) is 21.6. The lowest BCUT2D eigenvalue weighted by molar-refractivity contribution is 0.0656. The van der Waals surface area contributed by atoms with Crippen LogP contribution in [0.1, 0.15) is 61.8 Å². The molecule has 3 aromatic rings. The molecule has 0 radical (unpaired) electrons. The summed E-state index contributed by atoms with van der Waals surface area (Å²) < 4.78 is 11.0. The van der Waals surface area contributed by atoms with E-state index in [1.54, 1.807) is 19.1 Å². The maximum Gasteiger partial charge on any atom is 0.259 e. The van der Waals surface area contributed by atoms with Crippen LogP contribution < -0.4 is 5.32 Å². The van der Waals surface area contributed by atoms with Gasteiger partial charge in [0.2, 0.25) is 0 Å². The molecule has 6 nitrogen and oxygen atoms in total. The third-order valence-electron chi connectivity index (χ3n) is 5.71. The van der Waals surface area contributed by atoms with E-state index in [0.717, 1.165) is 22.6 Å². The molecule has 0 saturated carbocycles. The zero-order valence-corrected chi connectivity index (χ0v) is 18.0. The van der Waals surface area contributed by atoms with E-state index in [1.165, 1.54) is 0 Å². The van der Waals surface area contributed by atoms with E-state index in [2.05, 4.69) is 5.32 Å². The van der Waals surface area contributed by atoms with Gasteiger partial charge in [-0.15, -0.1) is 0 Å². The van der Waals surface area contributed by atoms with Crippen molar-refractivity contribution in [2.24, 2.45) is 0 Å². The van der Waals surface area contributed by atoms with Gasteiger partial charge in [-0.05, 0) is 70.4 Å². The van der Waals surface area contributed by atoms with Crippen LogP contribution in [-0.2, 0) is 13.0 Å². The maximum atomic E-state index is 13.1. The van der Waals surface area contributed by atoms with Crippen LogP contribution in [-0.4, -0.2) is 22.8 Å². The van der Waals surface area contributed by atoms with Crippen molar-refractivity contribution in [3.05, 3.63) is 75.6 Å². The average molecular weight is 406 g/mol. The Hall–Kier alpha value is -3.28. The van der Waals surface area contributed by atoms with Crippen LogP contribution >= 0.6 is 0 Å². The fourth-order valence-corrected chi connectivity index (χ4v) is 4.20. The molecule has 1 aromatic carbocycles. The number of nitrogens with one attached hydrogen (secondary N) is 1. The summed E-state index contributed by atoms with van der Waals surface area (Å²) in [6.45, 7) is 9.79. The van der Waals surface area contributed by atoms with E-state index in [-0.39, 0.29) is 17.9 Å². The standard InChI is InChI=1S/C24H26N2O4/c1-13-9-21-18(12-26(13)24(28)20-11-15(3)30-17(20)5)7-6-8-22(21)25-23(27)19-10-14(2)29-16(19)4/h6-8,10-11,13H,9,12H2,1-5H3,(H,25,27). The Bertz CT molecular complexity index is 1140. The van der Waals surface area contributed by atoms with Gasteiger partial charge in [0.15, 0.2) is 0 Å². The van der Waals surface area contributed by atoms with E-state index in [4.69, 9.17) is 8.83 Å². The number of hydrogen-bond donors (Lipinski definition) is 1. The van der Waals surface area contributed by atoms with Gasteiger partial charge in [-0.2, -0.15) is 0 Å². The van der Waals surface area contributed by atoms with Gasteiger partial charge in [0, 0.05) is 18.3 Å². The van der Waals surface area contributed by atoms with Gasteiger partial charge in [0.1, 0.15) is 23.0 Å². The first-order valence-corrected chi connectivity index (χ1v) is 10.1. The number of fused-ring (bicyclic) bond motifs is 1. The van der Waals surface area contributed by atoms with Crippen LogP contribution in [0.5, 0.6) is 0 Å². The fraction of sp³-hybridized carbons (Fsp3) is 0.333. The third kappa shape index (κ3) is 3.54. The predicted octanol–water partition coefficient (Wildman–Crippen LogP) is 4.95. The fourth-order valence-electron chi connectivity index (χ4n) is 4.20. The second-order valence-corrected chi connectivity index (χ2v) is 8.04. The average Bonchev–Trinajstić information content (AvgIpc) is 3.21. The maximum absolute atomic E-state index is 13.1. The Kier molecular flexibility index (Phi) is 5.02. The number of anilines is 1. The smallest absolute Gasteiger partial charge is 0.259 e. The van der Waals surface area contributed by atoms with E-state index < -0.39 is 0 Å². The number of nitrogens with zero attached hydrogens (tertiary/aromatic N) is 1. The highest BCUT2D eigenvalue weighted by Crippen LogP contribution is 2.31. The number of carbonyl (C=O) groups is 2. The lowest BCUT2D eigenvalue weighted by Crippen LogP contribution is -2.43. The SMILES string of the molecule is Cc1cc(C(=O)Nc2cccc3c2CC(C)N(C(=O)c2cc(C)oc2C)C3)c(C)o1. The molecule has 2 amide bonds. The normalized spacial score (nSPS) is 15.8. The van der Waals surface area contributed by atoms with Gasteiger partial charge in [-0.25, -0.2) is 0 Å². The summed E-state index contributed by atoms with van der Waals surface area (Å²) >= 11 is 0. The Morgan fingerprint density at radius 3 is 2.23 bits per heavy atom. The van der Waals surface area contributed by atoms with Gasteiger partial charge in [-0.1, -0.05) is 12.1 Å². The van der Waals surface area contributed by atoms with E-state index in [1.807, 2.05) is 50.8 Å². The lowest BCUT2D eigenvalue weighted by atomic mass is 9.92. The Labute approximate surface area is 175 Å². The van der Waals surface area contributed by atoms with E-state index in [9.17, 15) is 9.59 Å². The van der Waals surface area contributed by atoms with Crippen molar-refractivity contribution < 1.29 is 18.4 Å². The molecule has 156 valence electrons. The van der Waals surface area contributed by atoms with Crippen molar-refractivity contribution >= 4 is 17.5 Å². The molecule has 4 rings (SSSR count). The molecule has 1 atom stereocenters. The van der Waals surface area contributed by atoms with Crippen LogP contribution in [0.4, 0.5) is 5.69 Å². The number of aryl methyl sites for hydroxylation is 4. The van der Waals surface area contributed by atoms with Crippen LogP contribution in [0.2, 0.25) is 0 Å². The minimum Gasteiger partial charge on any atom is -0.466 e. The largest absolute Gasteiger partial charge is 0.466 e. The van der Waals surface area contributed by atoms with Crippen LogP contribution in [0, 0.1) is 27.7 Å². The second kappa shape index (κ2) is 7.52. The van der Waals surface area contributed by atoms with Gasteiger partial charge in [0.05, 0.1) is 11.1 Å². The summed E-state index contributed by atoms with van der Waals surface area (Å²) in [5.41, 5.74) is 4.04. The van der Waals surface area contributed by atoms with Crippen molar-refractivity contribution in [2.45, 2.75) is 53.6 Å². The first-order chi connectivity index (χ1) is 14.2. The molecule has 1 aliphatic rings. The van der Waals surface area contributed by atoms with Gasteiger partial charge >= 0.3 is 0 Å². The number of rotatable bonds is 3. The van der Waals surface area contributed by atoms with Gasteiger partial charge in [0.25, 0.3) is 11.8 Å². The molecule has 0 saturated heterocycles. The Balaban J connectivity index is 1.59. The second-order valence-electron chi connectivity index (χ2n) is 8.04. The van der Waals surface area contributed by atoms with Crippen molar-refractivity contribution in [1.82, 2.24) is 4.90 Å². The number of amides is 2. The molecule has 3 heterocycles. The molecule has 30 heavy (non-hydrogen) atoms. The number of benzene rings is 1. The quantitative estimate of drug-likeness (QED) is 0.668. The van der Waals surface area contributed by atoms with Crippen molar-refractivity contribution in [1.29, 1.82) is 0 Å². The van der Waals surface area contributed by atoms with Crippen molar-refractivity contribution in [3.8, 4) is 0 Å². The Morgan fingerprint density at radius 2 is 1.63 bits per heavy atom. The first-order valence-electron chi connectivity index (χ1n) is 10.1. The number of hydrogen-bond acceptors (Lipinski definition) is 4. The van der Waals surface area contributed by atoms with Crippen LogP contribution in [0.3, 0.4) is 0 Å². The molecule has 1 unspecified atom stereocenters. The topological polar surface area (TPSA) is 75.7 Å². The zero-order valence-electron chi connectivity index (χ0n) is 18.0. The molecule has 1 aliphatic heterocycles. The van der Waals surface area contributed by atoms with Crippen molar-refractivity contribution in [2.75, 3.05) is 5.32 Å². The molecule has 2 aromatic heterocycles. The highest BCUT2D eigenvalue weighted by atomic mass is 16.3. The van der Waals surface area contributed by atoms with Gasteiger partial charge < -0.3 is 19.1 Å². The molecule has 6 heteroatoms. The lowest BCUT2D eigenvalue weighted by Gasteiger charge is -2.35.